The van der Waals surface area contributed by atoms with Gasteiger partial charge in [0.2, 0.25) is 0 Å². The fraction of sp³-hybridized carbons (Fsp3) is 0.118. The van der Waals surface area contributed by atoms with E-state index in [2.05, 4.69) is 13.2 Å². The first-order valence-corrected chi connectivity index (χ1v) is 5.97. The van der Waals surface area contributed by atoms with Gasteiger partial charge in [0.1, 0.15) is 0 Å². The second-order valence-electron chi connectivity index (χ2n) is 4.41. The average molecular weight is 254 g/mol. The van der Waals surface area contributed by atoms with E-state index in [0.29, 0.717) is 0 Å². The van der Waals surface area contributed by atoms with E-state index >= 15 is 0 Å². The summed E-state index contributed by atoms with van der Waals surface area (Å²) in [5, 5.41) is 9.12. The first kappa shape index (κ1) is 14.7. The number of hydrogen-bond donors (Lipinski definition) is 1. The number of aliphatic carboxylic acids is 1. The predicted octanol–water partition coefficient (Wildman–Crippen LogP) is 4.09. The molecular weight excluding hydrogens is 236 g/mol. The van der Waals surface area contributed by atoms with Crippen molar-refractivity contribution in [1.82, 2.24) is 0 Å². The number of rotatable bonds is 6. The van der Waals surface area contributed by atoms with Crippen LogP contribution in [0.15, 0.2) is 73.4 Å². The molecule has 1 aromatic carbocycles. The van der Waals surface area contributed by atoms with Gasteiger partial charge in [-0.2, -0.15) is 0 Å². The molecule has 0 aliphatic rings. The van der Waals surface area contributed by atoms with Crippen molar-refractivity contribution in [3.8, 4) is 0 Å². The van der Waals surface area contributed by atoms with Crippen molar-refractivity contribution in [2.75, 3.05) is 0 Å². The van der Waals surface area contributed by atoms with Crippen LogP contribution in [0.2, 0.25) is 0 Å². The van der Waals surface area contributed by atoms with E-state index in [4.69, 9.17) is 5.11 Å². The molecule has 0 bridgehead atoms. The topological polar surface area (TPSA) is 37.3 Å². The van der Waals surface area contributed by atoms with Crippen LogP contribution in [0.1, 0.15) is 12.5 Å². The molecule has 0 radical (unpaired) electrons. The summed E-state index contributed by atoms with van der Waals surface area (Å²) in [4.78, 5) is 11.1. The Kier molecular flexibility index (Phi) is 5.07. The molecule has 0 aliphatic carbocycles. The molecule has 1 aromatic rings. The highest BCUT2D eigenvalue weighted by molar-refractivity contribution is 5.88. The Hall–Kier alpha value is -2.35. The summed E-state index contributed by atoms with van der Waals surface area (Å²) < 4.78 is 0. The van der Waals surface area contributed by atoms with Crippen LogP contribution in [-0.2, 0) is 4.79 Å². The van der Waals surface area contributed by atoms with Crippen LogP contribution in [0.5, 0.6) is 0 Å². The van der Waals surface area contributed by atoms with Crippen LogP contribution in [0.25, 0.3) is 6.08 Å². The molecule has 2 nitrogen and oxygen atoms in total. The quantitative estimate of drug-likeness (QED) is 0.613. The Bertz CT molecular complexity index is 523. The summed E-state index contributed by atoms with van der Waals surface area (Å²) >= 11 is 0. The normalized spacial score (nSPS) is 14.4. The van der Waals surface area contributed by atoms with Gasteiger partial charge in [-0.3, -0.25) is 0 Å². The minimum Gasteiger partial charge on any atom is -0.478 e. The minimum atomic E-state index is -1.01. The van der Waals surface area contributed by atoms with Gasteiger partial charge in [0.05, 0.1) is 0 Å². The highest BCUT2D eigenvalue weighted by Gasteiger charge is 2.26. The van der Waals surface area contributed by atoms with Gasteiger partial charge in [0.25, 0.3) is 0 Å². The Labute approximate surface area is 114 Å². The predicted molar refractivity (Wildman–Crippen MR) is 79.7 cm³/mol. The van der Waals surface area contributed by atoms with Crippen LogP contribution >= 0.6 is 0 Å². The van der Waals surface area contributed by atoms with Crippen LogP contribution in [-0.4, -0.2) is 11.1 Å². The van der Waals surface area contributed by atoms with E-state index in [1.54, 1.807) is 18.2 Å². The molecule has 0 saturated carbocycles. The van der Waals surface area contributed by atoms with E-state index < -0.39 is 11.4 Å². The lowest BCUT2D eigenvalue weighted by Crippen LogP contribution is -2.19. The van der Waals surface area contributed by atoms with Gasteiger partial charge < -0.3 is 5.11 Å². The van der Waals surface area contributed by atoms with E-state index in [1.807, 2.05) is 49.4 Å². The van der Waals surface area contributed by atoms with Gasteiger partial charge in [-0.15, -0.1) is 0 Å². The average Bonchev–Trinajstić information content (AvgIpc) is 2.43. The highest BCUT2D eigenvalue weighted by Crippen LogP contribution is 2.30. The molecule has 1 rings (SSSR count). The zero-order valence-electron chi connectivity index (χ0n) is 11.0. The number of hydrogen-bond acceptors (Lipinski definition) is 1. The summed E-state index contributed by atoms with van der Waals surface area (Å²) in [6.45, 7) is 9.06. The first-order chi connectivity index (χ1) is 8.99. The van der Waals surface area contributed by atoms with Gasteiger partial charge in [0.15, 0.2) is 0 Å². The zero-order chi connectivity index (χ0) is 14.3. The van der Waals surface area contributed by atoms with Gasteiger partial charge >= 0.3 is 5.97 Å². The maximum atomic E-state index is 11.1. The first-order valence-electron chi connectivity index (χ1n) is 5.97. The zero-order valence-corrected chi connectivity index (χ0v) is 11.0. The van der Waals surface area contributed by atoms with Gasteiger partial charge in [0, 0.05) is 11.0 Å². The van der Waals surface area contributed by atoms with Crippen LogP contribution in [0.4, 0.5) is 0 Å². The van der Waals surface area contributed by atoms with Crippen LogP contribution in [0, 0.1) is 5.41 Å². The SMILES string of the molecule is C=CC=C[C@@](C)(C=Cc1ccccc1)C(=C)C(=O)O. The number of carbonyl (C=O) groups is 1. The monoisotopic (exact) mass is 254 g/mol. The van der Waals surface area contributed by atoms with Gasteiger partial charge in [-0.05, 0) is 12.5 Å². The summed E-state index contributed by atoms with van der Waals surface area (Å²) in [7, 11) is 0. The van der Waals surface area contributed by atoms with Crippen molar-refractivity contribution in [1.29, 1.82) is 0 Å². The van der Waals surface area contributed by atoms with Crippen LogP contribution < -0.4 is 0 Å². The number of allylic oxidation sites excluding steroid dienone is 4. The minimum absolute atomic E-state index is 0.123. The summed E-state index contributed by atoms with van der Waals surface area (Å²) in [6, 6.07) is 9.71. The largest absolute Gasteiger partial charge is 0.478 e. The van der Waals surface area contributed by atoms with Crippen molar-refractivity contribution in [2.24, 2.45) is 5.41 Å². The third kappa shape index (κ3) is 4.11. The highest BCUT2D eigenvalue weighted by atomic mass is 16.4. The van der Waals surface area contributed by atoms with Crippen molar-refractivity contribution < 1.29 is 9.90 Å². The van der Waals surface area contributed by atoms with E-state index in [1.165, 1.54) is 0 Å². The van der Waals surface area contributed by atoms with Crippen LogP contribution in [0.3, 0.4) is 0 Å². The summed E-state index contributed by atoms with van der Waals surface area (Å²) in [6.07, 6.45) is 8.84. The maximum absolute atomic E-state index is 11.1. The Balaban J connectivity index is 3.08. The van der Waals surface area contributed by atoms with E-state index in [9.17, 15) is 4.79 Å². The molecule has 0 spiro atoms. The third-order valence-electron chi connectivity index (χ3n) is 2.91. The Morgan fingerprint density at radius 1 is 1.26 bits per heavy atom. The maximum Gasteiger partial charge on any atom is 0.332 e. The van der Waals surface area contributed by atoms with Gasteiger partial charge in [-0.1, -0.05) is 73.9 Å². The second kappa shape index (κ2) is 6.55. The third-order valence-corrected chi connectivity index (χ3v) is 2.91. The lowest BCUT2D eigenvalue weighted by molar-refractivity contribution is -0.133. The summed E-state index contributed by atoms with van der Waals surface area (Å²) in [5.74, 6) is -1.01. The molecule has 0 aromatic heterocycles. The molecule has 0 unspecified atom stereocenters. The molecule has 2 heteroatoms. The summed E-state index contributed by atoms with van der Waals surface area (Å²) in [5.41, 5.74) is 0.396. The standard InChI is InChI=1S/C17H18O2/c1-4-5-12-17(3,14(2)16(18)19)13-11-15-9-7-6-8-10-15/h4-13H,1-2H2,3H3,(H,18,19)/t17-/m0/s1. The second-order valence-corrected chi connectivity index (χ2v) is 4.41. The molecule has 98 valence electrons. The van der Waals surface area contributed by atoms with Crippen molar-refractivity contribution >= 4 is 12.0 Å². The van der Waals surface area contributed by atoms with Gasteiger partial charge in [-0.25, -0.2) is 4.79 Å². The van der Waals surface area contributed by atoms with Crippen molar-refractivity contribution in [2.45, 2.75) is 6.92 Å². The number of carboxylic acids is 1. The molecule has 0 heterocycles. The molecular formula is C17H18O2. The lowest BCUT2D eigenvalue weighted by atomic mass is 9.81. The molecule has 0 saturated heterocycles. The lowest BCUT2D eigenvalue weighted by Gasteiger charge is -2.22. The molecule has 0 fully saturated rings. The molecule has 0 aliphatic heterocycles. The Morgan fingerprint density at radius 2 is 1.89 bits per heavy atom. The number of benzene rings is 1. The van der Waals surface area contributed by atoms with E-state index in [0.717, 1.165) is 5.56 Å². The fourth-order valence-corrected chi connectivity index (χ4v) is 1.59. The molecule has 0 amide bonds. The molecule has 1 N–H and O–H groups in total. The molecule has 19 heavy (non-hydrogen) atoms. The number of carboxylic acid groups (broad SMARTS) is 1. The fourth-order valence-electron chi connectivity index (χ4n) is 1.59. The smallest absolute Gasteiger partial charge is 0.332 e. The Morgan fingerprint density at radius 3 is 2.42 bits per heavy atom. The van der Waals surface area contributed by atoms with Crippen molar-refractivity contribution in [3.63, 3.8) is 0 Å². The molecule has 1 atom stereocenters. The van der Waals surface area contributed by atoms with Crippen molar-refractivity contribution in [3.05, 3.63) is 78.9 Å². The van der Waals surface area contributed by atoms with E-state index in [-0.39, 0.29) is 5.57 Å².